The molecule has 0 aromatic carbocycles. The minimum absolute atomic E-state index is 0.0758. The zero-order valence-corrected chi connectivity index (χ0v) is 11.2. The van der Waals surface area contributed by atoms with Crippen LogP contribution in [0.5, 0.6) is 0 Å². The quantitative estimate of drug-likeness (QED) is 0.446. The molecule has 0 unspecified atom stereocenters. The van der Waals surface area contributed by atoms with E-state index in [2.05, 4.69) is 19.7 Å². The zero-order valence-electron chi connectivity index (χ0n) is 10.4. The minimum Gasteiger partial charge on any atom is -0.256 e. The molecule has 0 saturated heterocycles. The van der Waals surface area contributed by atoms with Gasteiger partial charge in [0.05, 0.1) is 9.84 Å². The van der Waals surface area contributed by atoms with Gasteiger partial charge in [-0.3, -0.25) is 8.42 Å². The van der Waals surface area contributed by atoms with Gasteiger partial charge in [-0.2, -0.15) is 26.9 Å². The SMILES string of the molecule is C=CCC[C-](CCC=C)S(=O)(=O)C(F)(F)CC=C. The second-order valence-electron chi connectivity index (χ2n) is 3.83. The molecule has 18 heavy (non-hydrogen) atoms. The Morgan fingerprint density at radius 1 is 1.00 bits per heavy atom. The van der Waals surface area contributed by atoms with Gasteiger partial charge in [-0.1, -0.05) is 31.1 Å². The molecule has 0 aromatic rings. The number of halogens is 2. The second-order valence-corrected chi connectivity index (χ2v) is 6.01. The van der Waals surface area contributed by atoms with Crippen LogP contribution in [0.4, 0.5) is 8.78 Å². The van der Waals surface area contributed by atoms with Crippen molar-refractivity contribution in [2.24, 2.45) is 0 Å². The Morgan fingerprint density at radius 2 is 1.44 bits per heavy atom. The molecule has 0 amide bonds. The van der Waals surface area contributed by atoms with Gasteiger partial charge in [-0.25, -0.2) is 0 Å². The molecule has 2 nitrogen and oxygen atoms in total. The molecule has 0 aliphatic carbocycles. The average molecular weight is 277 g/mol. The highest BCUT2D eigenvalue weighted by atomic mass is 32.2. The molecule has 104 valence electrons. The first-order chi connectivity index (χ1) is 8.33. The van der Waals surface area contributed by atoms with Gasteiger partial charge in [0.2, 0.25) is 0 Å². The van der Waals surface area contributed by atoms with E-state index < -0.39 is 21.5 Å². The van der Waals surface area contributed by atoms with E-state index in [4.69, 9.17) is 0 Å². The summed E-state index contributed by atoms with van der Waals surface area (Å²) in [4.78, 5) is 0. The molecule has 0 heterocycles. The summed E-state index contributed by atoms with van der Waals surface area (Å²) in [5.74, 6) is 0. The summed E-state index contributed by atoms with van der Waals surface area (Å²) in [7, 11) is -4.59. The van der Waals surface area contributed by atoms with Crippen molar-refractivity contribution in [1.29, 1.82) is 0 Å². The van der Waals surface area contributed by atoms with Crippen molar-refractivity contribution in [2.45, 2.75) is 37.4 Å². The van der Waals surface area contributed by atoms with Crippen molar-refractivity contribution in [3.05, 3.63) is 43.2 Å². The molecule has 0 fully saturated rings. The van der Waals surface area contributed by atoms with E-state index in [1.807, 2.05) is 0 Å². The molecule has 0 aromatic heterocycles. The Bertz CT molecular complexity index is 374. The largest absolute Gasteiger partial charge is 0.322 e. The number of hydrogen-bond acceptors (Lipinski definition) is 2. The Kier molecular flexibility index (Phi) is 7.06. The molecule has 0 saturated carbocycles. The van der Waals surface area contributed by atoms with Crippen molar-refractivity contribution >= 4 is 9.84 Å². The van der Waals surface area contributed by atoms with Gasteiger partial charge >= 0.3 is 5.25 Å². The molecular formula is C13H19F2O2S-. The summed E-state index contributed by atoms with van der Waals surface area (Å²) in [5, 5.41) is -3.93. The van der Waals surface area contributed by atoms with Crippen LogP contribution in [-0.2, 0) is 9.84 Å². The van der Waals surface area contributed by atoms with E-state index in [0.29, 0.717) is 12.8 Å². The Hall–Kier alpha value is -0.970. The topological polar surface area (TPSA) is 34.1 Å². The number of allylic oxidation sites excluding steroid dienone is 3. The van der Waals surface area contributed by atoms with Gasteiger partial charge in [0, 0.05) is 6.42 Å². The normalized spacial score (nSPS) is 12.4. The number of rotatable bonds is 10. The van der Waals surface area contributed by atoms with Crippen molar-refractivity contribution < 1.29 is 17.2 Å². The lowest BCUT2D eigenvalue weighted by molar-refractivity contribution is 0.0956. The molecule has 0 rings (SSSR count). The summed E-state index contributed by atoms with van der Waals surface area (Å²) in [5.41, 5.74) is 0. The third-order valence-electron chi connectivity index (χ3n) is 2.41. The standard InChI is InChI=1S/C13H19F2O2S/c1-4-7-9-12(10-8-5-2)18(16,17)13(14,15)11-6-3/h4-6H,1-3,7-11H2/q-1. The molecule has 0 atom stereocenters. The van der Waals surface area contributed by atoms with Crippen molar-refractivity contribution in [3.63, 3.8) is 0 Å². The van der Waals surface area contributed by atoms with Crippen LogP contribution in [0.25, 0.3) is 0 Å². The van der Waals surface area contributed by atoms with Gasteiger partial charge in [0.15, 0.2) is 0 Å². The van der Waals surface area contributed by atoms with Crippen molar-refractivity contribution in [2.75, 3.05) is 0 Å². The maximum absolute atomic E-state index is 13.6. The Labute approximate surface area is 108 Å². The monoisotopic (exact) mass is 277 g/mol. The first kappa shape index (κ1) is 17.0. The van der Waals surface area contributed by atoms with Crippen molar-refractivity contribution in [1.82, 2.24) is 0 Å². The predicted octanol–water partition coefficient (Wildman–Crippen LogP) is 4.03. The Balaban J connectivity index is 5.09. The number of hydrogen-bond donors (Lipinski definition) is 0. The molecule has 5 heteroatoms. The van der Waals surface area contributed by atoms with Gasteiger partial charge in [0.1, 0.15) is 0 Å². The van der Waals surface area contributed by atoms with Gasteiger partial charge < -0.3 is 0 Å². The highest BCUT2D eigenvalue weighted by Crippen LogP contribution is 2.37. The molecule has 0 radical (unpaired) electrons. The molecular weight excluding hydrogens is 258 g/mol. The zero-order chi connectivity index (χ0) is 14.2. The lowest BCUT2D eigenvalue weighted by Crippen LogP contribution is -2.33. The summed E-state index contributed by atoms with van der Waals surface area (Å²) in [6.45, 7) is 10.1. The summed E-state index contributed by atoms with van der Waals surface area (Å²) < 4.78 is 50.9. The van der Waals surface area contributed by atoms with Crippen LogP contribution in [0, 0.1) is 5.25 Å². The van der Waals surface area contributed by atoms with Gasteiger partial charge in [-0.05, 0) is 0 Å². The van der Waals surface area contributed by atoms with E-state index in [1.54, 1.807) is 0 Å². The van der Waals surface area contributed by atoms with E-state index in [9.17, 15) is 17.2 Å². The molecule has 0 aliphatic rings. The highest BCUT2D eigenvalue weighted by molar-refractivity contribution is 7.95. The van der Waals surface area contributed by atoms with Gasteiger partial charge in [0.25, 0.3) is 0 Å². The van der Waals surface area contributed by atoms with Crippen LogP contribution in [0.2, 0.25) is 0 Å². The van der Waals surface area contributed by atoms with E-state index >= 15 is 0 Å². The molecule has 0 aliphatic heterocycles. The lowest BCUT2D eigenvalue weighted by Gasteiger charge is -2.33. The number of sulfone groups is 1. The summed E-state index contributed by atoms with van der Waals surface area (Å²) in [6, 6.07) is 0. The smallest absolute Gasteiger partial charge is 0.256 e. The first-order valence-corrected chi connectivity index (χ1v) is 7.11. The van der Waals surface area contributed by atoms with E-state index in [-0.39, 0.29) is 18.1 Å². The predicted molar refractivity (Wildman–Crippen MR) is 70.8 cm³/mol. The second kappa shape index (κ2) is 7.46. The summed E-state index contributed by atoms with van der Waals surface area (Å²) >= 11 is 0. The Morgan fingerprint density at radius 3 is 1.78 bits per heavy atom. The van der Waals surface area contributed by atoms with Crippen LogP contribution < -0.4 is 0 Å². The third kappa shape index (κ3) is 4.37. The van der Waals surface area contributed by atoms with Crippen LogP contribution in [0.15, 0.2) is 38.0 Å². The molecule has 0 spiro atoms. The van der Waals surface area contributed by atoms with Crippen LogP contribution in [0.3, 0.4) is 0 Å². The maximum atomic E-state index is 13.6. The fraction of sp³-hybridized carbons (Fsp3) is 0.462. The lowest BCUT2D eigenvalue weighted by atomic mass is 10.1. The molecule has 0 bridgehead atoms. The molecule has 0 N–H and O–H groups in total. The number of alkyl halides is 2. The third-order valence-corrected chi connectivity index (χ3v) is 4.53. The maximum Gasteiger partial charge on any atom is 0.322 e. The fourth-order valence-electron chi connectivity index (χ4n) is 1.41. The average Bonchev–Trinajstić information content (AvgIpc) is 2.28. The minimum atomic E-state index is -4.59. The van der Waals surface area contributed by atoms with Crippen molar-refractivity contribution in [3.8, 4) is 0 Å². The van der Waals surface area contributed by atoms with E-state index in [0.717, 1.165) is 6.08 Å². The highest BCUT2D eigenvalue weighted by Gasteiger charge is 2.40. The summed E-state index contributed by atoms with van der Waals surface area (Å²) in [6.07, 6.45) is 3.92. The fourth-order valence-corrected chi connectivity index (χ4v) is 2.94. The van der Waals surface area contributed by atoms with E-state index in [1.165, 1.54) is 12.2 Å². The van der Waals surface area contributed by atoms with Crippen LogP contribution in [-0.4, -0.2) is 13.7 Å². The van der Waals surface area contributed by atoms with Gasteiger partial charge in [-0.15, -0.1) is 19.7 Å². The van der Waals surface area contributed by atoms with Crippen LogP contribution in [0.1, 0.15) is 32.1 Å². The van der Waals surface area contributed by atoms with Crippen LogP contribution >= 0.6 is 0 Å². The first-order valence-electron chi connectivity index (χ1n) is 5.63.